The predicted molar refractivity (Wildman–Crippen MR) is 83.3 cm³/mol. The third kappa shape index (κ3) is 3.22. The second-order valence-corrected chi connectivity index (χ2v) is 6.88. The van der Waals surface area contributed by atoms with E-state index < -0.39 is 0 Å². The Morgan fingerprint density at radius 1 is 1.35 bits per heavy atom. The van der Waals surface area contributed by atoms with Crippen molar-refractivity contribution in [3.8, 4) is 0 Å². The molecule has 1 aromatic carbocycles. The van der Waals surface area contributed by atoms with Crippen LogP contribution in [-0.2, 0) is 0 Å². The molecule has 1 saturated carbocycles. The van der Waals surface area contributed by atoms with Gasteiger partial charge in [0, 0.05) is 6.04 Å². The van der Waals surface area contributed by atoms with Gasteiger partial charge in [-0.1, -0.05) is 39.7 Å². The molecule has 1 nitrogen and oxygen atoms in total. The summed E-state index contributed by atoms with van der Waals surface area (Å²) >= 11 is 0. The van der Waals surface area contributed by atoms with E-state index in [1.54, 1.807) is 12.1 Å². The maximum Gasteiger partial charge on any atom is 0.123 e. The number of halogens is 1. The van der Waals surface area contributed by atoms with E-state index in [1.165, 1.54) is 31.2 Å². The van der Waals surface area contributed by atoms with Gasteiger partial charge >= 0.3 is 0 Å². The van der Waals surface area contributed by atoms with Gasteiger partial charge in [-0.05, 0) is 60.9 Å². The zero-order valence-electron chi connectivity index (χ0n) is 13.3. The fraction of sp³-hybridized carbons (Fsp3) is 0.667. The van der Waals surface area contributed by atoms with Gasteiger partial charge in [0.25, 0.3) is 0 Å². The Labute approximate surface area is 123 Å². The van der Waals surface area contributed by atoms with E-state index in [-0.39, 0.29) is 5.82 Å². The van der Waals surface area contributed by atoms with Crippen LogP contribution in [0.4, 0.5) is 4.39 Å². The number of benzene rings is 1. The molecular weight excluding hydrogens is 249 g/mol. The number of hydrogen-bond donors (Lipinski definition) is 1. The van der Waals surface area contributed by atoms with Crippen LogP contribution in [0.2, 0.25) is 0 Å². The van der Waals surface area contributed by atoms with Crippen LogP contribution in [0.1, 0.15) is 63.6 Å². The number of nitrogens with one attached hydrogen (secondary N) is 1. The van der Waals surface area contributed by atoms with Crippen LogP contribution in [0.15, 0.2) is 18.2 Å². The molecule has 2 atom stereocenters. The molecule has 0 spiro atoms. The van der Waals surface area contributed by atoms with Crippen molar-refractivity contribution < 1.29 is 4.39 Å². The van der Waals surface area contributed by atoms with Crippen LogP contribution < -0.4 is 5.32 Å². The summed E-state index contributed by atoms with van der Waals surface area (Å²) in [6, 6.07) is 5.58. The SMILES string of the molecule is CCNC(c1ccc(F)cc1C)C1CCCCC1(C)C. The van der Waals surface area contributed by atoms with Crippen molar-refractivity contribution in [2.24, 2.45) is 11.3 Å². The molecule has 1 aromatic rings. The van der Waals surface area contributed by atoms with E-state index in [9.17, 15) is 4.39 Å². The quantitative estimate of drug-likeness (QED) is 0.816. The number of aryl methyl sites for hydroxylation is 1. The van der Waals surface area contributed by atoms with Crippen LogP contribution in [-0.4, -0.2) is 6.54 Å². The highest BCUT2D eigenvalue weighted by Crippen LogP contribution is 2.47. The average Bonchev–Trinajstić information content (AvgIpc) is 2.37. The first-order valence-corrected chi connectivity index (χ1v) is 7.95. The fourth-order valence-corrected chi connectivity index (χ4v) is 3.82. The largest absolute Gasteiger partial charge is 0.310 e. The molecule has 1 fully saturated rings. The van der Waals surface area contributed by atoms with Crippen LogP contribution in [0.5, 0.6) is 0 Å². The molecule has 2 heteroatoms. The van der Waals surface area contributed by atoms with Crippen molar-refractivity contribution in [1.82, 2.24) is 5.32 Å². The Morgan fingerprint density at radius 2 is 2.10 bits per heavy atom. The molecule has 2 rings (SSSR count). The summed E-state index contributed by atoms with van der Waals surface area (Å²) in [5.74, 6) is 0.491. The molecule has 1 N–H and O–H groups in total. The minimum Gasteiger partial charge on any atom is -0.310 e. The minimum absolute atomic E-state index is 0.135. The molecule has 0 aliphatic heterocycles. The lowest BCUT2D eigenvalue weighted by Crippen LogP contribution is -2.39. The van der Waals surface area contributed by atoms with Gasteiger partial charge in [-0.15, -0.1) is 0 Å². The maximum absolute atomic E-state index is 13.4. The number of hydrogen-bond acceptors (Lipinski definition) is 1. The molecule has 0 heterocycles. The highest BCUT2D eigenvalue weighted by Gasteiger charge is 2.38. The molecular formula is C18H28FN. The Balaban J connectivity index is 2.34. The Kier molecular flexibility index (Phi) is 4.85. The highest BCUT2D eigenvalue weighted by atomic mass is 19.1. The van der Waals surface area contributed by atoms with Crippen LogP contribution in [0.3, 0.4) is 0 Å². The summed E-state index contributed by atoms with van der Waals surface area (Å²) in [7, 11) is 0. The third-order valence-electron chi connectivity index (χ3n) is 4.98. The lowest BCUT2D eigenvalue weighted by Gasteiger charge is -2.44. The summed E-state index contributed by atoms with van der Waals surface area (Å²) in [4.78, 5) is 0. The zero-order valence-corrected chi connectivity index (χ0v) is 13.3. The lowest BCUT2D eigenvalue weighted by atomic mass is 9.64. The topological polar surface area (TPSA) is 12.0 Å². The second-order valence-electron chi connectivity index (χ2n) is 6.88. The molecule has 0 radical (unpaired) electrons. The zero-order chi connectivity index (χ0) is 14.8. The summed E-state index contributed by atoms with van der Waals surface area (Å²) in [6.45, 7) is 9.91. The van der Waals surface area contributed by atoms with Crippen molar-refractivity contribution in [2.45, 2.75) is 59.4 Å². The molecule has 20 heavy (non-hydrogen) atoms. The van der Waals surface area contributed by atoms with Gasteiger partial charge in [-0.2, -0.15) is 0 Å². The van der Waals surface area contributed by atoms with Crippen LogP contribution in [0, 0.1) is 24.1 Å². The molecule has 0 amide bonds. The summed E-state index contributed by atoms with van der Waals surface area (Å²) in [6.07, 6.45) is 5.21. The van der Waals surface area contributed by atoms with E-state index in [2.05, 4.69) is 26.1 Å². The van der Waals surface area contributed by atoms with E-state index in [1.807, 2.05) is 13.0 Å². The van der Waals surface area contributed by atoms with Gasteiger partial charge < -0.3 is 5.32 Å². The van der Waals surface area contributed by atoms with E-state index in [0.29, 0.717) is 17.4 Å². The Bertz CT molecular complexity index is 453. The van der Waals surface area contributed by atoms with E-state index in [4.69, 9.17) is 0 Å². The van der Waals surface area contributed by atoms with Gasteiger partial charge in [0.1, 0.15) is 5.82 Å². The molecule has 1 aliphatic rings. The van der Waals surface area contributed by atoms with Crippen LogP contribution in [0.25, 0.3) is 0 Å². The van der Waals surface area contributed by atoms with Crippen molar-refractivity contribution in [2.75, 3.05) is 6.54 Å². The molecule has 0 aromatic heterocycles. The Morgan fingerprint density at radius 3 is 2.70 bits per heavy atom. The maximum atomic E-state index is 13.4. The molecule has 2 unspecified atom stereocenters. The van der Waals surface area contributed by atoms with Crippen molar-refractivity contribution >= 4 is 0 Å². The first kappa shape index (κ1) is 15.5. The van der Waals surface area contributed by atoms with Gasteiger partial charge in [0.15, 0.2) is 0 Å². The van der Waals surface area contributed by atoms with Gasteiger partial charge in [0.05, 0.1) is 0 Å². The molecule has 112 valence electrons. The van der Waals surface area contributed by atoms with E-state index in [0.717, 1.165) is 12.1 Å². The number of rotatable bonds is 4. The molecule has 0 saturated heterocycles. The third-order valence-corrected chi connectivity index (χ3v) is 4.98. The standard InChI is InChI=1S/C18H28FN/c1-5-20-17(15-10-9-14(19)12-13(15)2)16-8-6-7-11-18(16,3)4/h9-10,12,16-17,20H,5-8,11H2,1-4H3. The minimum atomic E-state index is -0.135. The smallest absolute Gasteiger partial charge is 0.123 e. The monoisotopic (exact) mass is 277 g/mol. The predicted octanol–water partition coefficient (Wildman–Crippen LogP) is 5.00. The summed E-state index contributed by atoms with van der Waals surface area (Å²) < 4.78 is 13.4. The highest BCUT2D eigenvalue weighted by molar-refractivity contribution is 5.30. The second kappa shape index (κ2) is 6.26. The van der Waals surface area contributed by atoms with E-state index >= 15 is 0 Å². The summed E-state index contributed by atoms with van der Waals surface area (Å²) in [5, 5.41) is 3.66. The Hall–Kier alpha value is -0.890. The normalized spacial score (nSPS) is 23.6. The van der Waals surface area contributed by atoms with Gasteiger partial charge in [-0.25, -0.2) is 4.39 Å². The average molecular weight is 277 g/mol. The van der Waals surface area contributed by atoms with Crippen molar-refractivity contribution in [3.63, 3.8) is 0 Å². The first-order chi connectivity index (χ1) is 9.45. The first-order valence-electron chi connectivity index (χ1n) is 7.95. The lowest BCUT2D eigenvalue weighted by molar-refractivity contribution is 0.0986. The van der Waals surface area contributed by atoms with Crippen molar-refractivity contribution in [1.29, 1.82) is 0 Å². The van der Waals surface area contributed by atoms with Crippen LogP contribution >= 0.6 is 0 Å². The fourth-order valence-electron chi connectivity index (χ4n) is 3.82. The van der Waals surface area contributed by atoms with Gasteiger partial charge in [0.2, 0.25) is 0 Å². The summed E-state index contributed by atoms with van der Waals surface area (Å²) in [5.41, 5.74) is 2.69. The van der Waals surface area contributed by atoms with Crippen molar-refractivity contribution in [3.05, 3.63) is 35.1 Å². The van der Waals surface area contributed by atoms with Gasteiger partial charge in [-0.3, -0.25) is 0 Å². The molecule has 0 bridgehead atoms. The molecule has 1 aliphatic carbocycles.